The molecule has 0 spiro atoms. The molecule has 5 heteroatoms. The van der Waals surface area contributed by atoms with Gasteiger partial charge < -0.3 is 16.0 Å². The second kappa shape index (κ2) is 4.07. The molecule has 0 fully saturated rings. The highest BCUT2D eigenvalue weighted by Gasteiger charge is 2.08. The van der Waals surface area contributed by atoms with E-state index in [-0.39, 0.29) is 6.15 Å². The summed E-state index contributed by atoms with van der Waals surface area (Å²) in [6.07, 6.45) is 0. The molecule has 0 amide bonds. The van der Waals surface area contributed by atoms with Gasteiger partial charge in [-0.05, 0) is 0 Å². The van der Waals surface area contributed by atoms with E-state index < -0.39 is 11.9 Å². The summed E-state index contributed by atoms with van der Waals surface area (Å²) in [6, 6.07) is 0. The molecule has 0 unspecified atom stereocenters. The smallest absolute Gasteiger partial charge is 0.417 e. The zero-order chi connectivity index (χ0) is 5.86. The molecule has 0 aliphatic rings. The Balaban J connectivity index is 0. The number of carbonyl (C=O) groups is 2. The molecule has 0 aromatic rings. The Morgan fingerprint density at radius 2 is 1.88 bits per heavy atom. The standard InChI is InChI=1S/C3H4O4.H3N/c1-7-3(6)2(4)5;/h1H3,(H,4,5);1H3. The molecule has 4 N–H and O–H groups in total. The van der Waals surface area contributed by atoms with Crippen LogP contribution in [0.15, 0.2) is 0 Å². The van der Waals surface area contributed by atoms with Crippen molar-refractivity contribution in [1.82, 2.24) is 6.15 Å². The summed E-state index contributed by atoms with van der Waals surface area (Å²) < 4.78 is 3.77. The molecular formula is C3H7NO4. The van der Waals surface area contributed by atoms with Crippen LogP contribution in [0.25, 0.3) is 0 Å². The van der Waals surface area contributed by atoms with Gasteiger partial charge in [0.2, 0.25) is 0 Å². The van der Waals surface area contributed by atoms with Crippen molar-refractivity contribution in [2.75, 3.05) is 7.11 Å². The number of carbonyl (C=O) groups excluding carboxylic acids is 1. The van der Waals surface area contributed by atoms with Crippen LogP contribution in [0.4, 0.5) is 0 Å². The van der Waals surface area contributed by atoms with Gasteiger partial charge in [0.25, 0.3) is 0 Å². The van der Waals surface area contributed by atoms with Gasteiger partial charge in [-0.3, -0.25) is 0 Å². The summed E-state index contributed by atoms with van der Waals surface area (Å²) in [6.45, 7) is 0. The van der Waals surface area contributed by atoms with Crippen molar-refractivity contribution in [2.45, 2.75) is 0 Å². The van der Waals surface area contributed by atoms with Gasteiger partial charge in [0.15, 0.2) is 0 Å². The number of hydrogen-bond acceptors (Lipinski definition) is 4. The van der Waals surface area contributed by atoms with E-state index in [0.29, 0.717) is 0 Å². The first-order valence-electron chi connectivity index (χ1n) is 1.49. The normalized spacial score (nSPS) is 6.62. The number of methoxy groups -OCH3 is 1. The van der Waals surface area contributed by atoms with Gasteiger partial charge in [-0.1, -0.05) is 0 Å². The van der Waals surface area contributed by atoms with Crippen LogP contribution < -0.4 is 6.15 Å². The number of esters is 1. The lowest BCUT2D eigenvalue weighted by Crippen LogP contribution is -2.13. The lowest BCUT2D eigenvalue weighted by Gasteiger charge is -1.85. The molecule has 0 rings (SSSR count). The molecule has 5 nitrogen and oxygen atoms in total. The molecule has 0 saturated carbocycles. The van der Waals surface area contributed by atoms with Crippen LogP contribution in [0, 0.1) is 0 Å². The SMILES string of the molecule is COC(=O)C(=O)O.N. The van der Waals surface area contributed by atoms with Gasteiger partial charge in [0.1, 0.15) is 0 Å². The Morgan fingerprint density at radius 1 is 1.50 bits per heavy atom. The van der Waals surface area contributed by atoms with Crippen molar-refractivity contribution in [3.63, 3.8) is 0 Å². The second-order valence-corrected chi connectivity index (χ2v) is 0.797. The highest BCUT2D eigenvalue weighted by molar-refractivity contribution is 6.28. The average Bonchev–Trinajstić information content (AvgIpc) is 1.65. The van der Waals surface area contributed by atoms with E-state index in [0.717, 1.165) is 7.11 Å². The summed E-state index contributed by atoms with van der Waals surface area (Å²) in [5.41, 5.74) is 0. The van der Waals surface area contributed by atoms with Crippen molar-refractivity contribution < 1.29 is 19.4 Å². The van der Waals surface area contributed by atoms with Crippen LogP contribution in [-0.4, -0.2) is 24.2 Å². The fraction of sp³-hybridized carbons (Fsp3) is 0.333. The number of carboxylic acid groups (broad SMARTS) is 1. The molecule has 0 atom stereocenters. The molecule has 0 bridgehead atoms. The molecule has 8 heavy (non-hydrogen) atoms. The summed E-state index contributed by atoms with van der Waals surface area (Å²) in [5, 5.41) is 7.71. The number of hydrogen-bond donors (Lipinski definition) is 2. The van der Waals surface area contributed by atoms with Gasteiger partial charge in [-0.2, -0.15) is 0 Å². The minimum absolute atomic E-state index is 0. The Labute approximate surface area is 45.8 Å². The maximum absolute atomic E-state index is 9.69. The van der Waals surface area contributed by atoms with E-state index in [1.165, 1.54) is 0 Å². The molecule has 0 heterocycles. The zero-order valence-corrected chi connectivity index (χ0v) is 4.38. The Kier molecular flexibility index (Phi) is 5.09. The van der Waals surface area contributed by atoms with E-state index in [4.69, 9.17) is 5.11 Å². The predicted molar refractivity (Wildman–Crippen MR) is 24.7 cm³/mol. The number of carboxylic acids is 1. The number of rotatable bonds is 0. The molecule has 0 aliphatic heterocycles. The first kappa shape index (κ1) is 10.0. The topological polar surface area (TPSA) is 98.6 Å². The predicted octanol–water partition coefficient (Wildman–Crippen LogP) is -0.594. The highest BCUT2D eigenvalue weighted by Crippen LogP contribution is 1.68. The molecule has 0 saturated heterocycles. The van der Waals surface area contributed by atoms with Crippen molar-refractivity contribution in [1.29, 1.82) is 0 Å². The molecule has 0 aromatic heterocycles. The van der Waals surface area contributed by atoms with Crippen LogP contribution in [0.2, 0.25) is 0 Å². The zero-order valence-electron chi connectivity index (χ0n) is 4.38. The monoisotopic (exact) mass is 121 g/mol. The largest absolute Gasteiger partial charge is 0.473 e. The van der Waals surface area contributed by atoms with Gasteiger partial charge in [0, 0.05) is 0 Å². The Bertz CT molecular complexity index is 99.5. The van der Waals surface area contributed by atoms with Gasteiger partial charge in [0.05, 0.1) is 7.11 Å². The third kappa shape index (κ3) is 3.10. The fourth-order valence-electron chi connectivity index (χ4n) is 0.0873. The van der Waals surface area contributed by atoms with Crippen LogP contribution >= 0.6 is 0 Å². The van der Waals surface area contributed by atoms with Crippen LogP contribution in [0.5, 0.6) is 0 Å². The average molecular weight is 121 g/mol. The Hall–Kier alpha value is -1.10. The minimum Gasteiger partial charge on any atom is -0.473 e. The van der Waals surface area contributed by atoms with Gasteiger partial charge >= 0.3 is 11.9 Å². The van der Waals surface area contributed by atoms with E-state index in [1.54, 1.807) is 0 Å². The molecule has 0 aliphatic carbocycles. The van der Waals surface area contributed by atoms with Crippen LogP contribution in [0.1, 0.15) is 0 Å². The summed E-state index contributed by atoms with van der Waals surface area (Å²) in [4.78, 5) is 19.1. The van der Waals surface area contributed by atoms with Gasteiger partial charge in [-0.25, -0.2) is 9.59 Å². The summed E-state index contributed by atoms with van der Waals surface area (Å²) >= 11 is 0. The first-order valence-corrected chi connectivity index (χ1v) is 1.49. The number of ether oxygens (including phenoxy) is 1. The van der Waals surface area contributed by atoms with Crippen molar-refractivity contribution >= 4 is 11.9 Å². The molecular weight excluding hydrogens is 114 g/mol. The third-order valence-corrected chi connectivity index (χ3v) is 0.360. The maximum Gasteiger partial charge on any atom is 0.417 e. The minimum atomic E-state index is -1.57. The number of aliphatic carboxylic acids is 1. The van der Waals surface area contributed by atoms with E-state index in [1.807, 2.05) is 0 Å². The summed E-state index contributed by atoms with van der Waals surface area (Å²) in [7, 11) is 1.01. The molecule has 0 radical (unpaired) electrons. The lowest BCUT2D eigenvalue weighted by atomic mass is 10.7. The van der Waals surface area contributed by atoms with Crippen molar-refractivity contribution in [3.8, 4) is 0 Å². The first-order chi connectivity index (χ1) is 3.18. The quantitative estimate of drug-likeness (QED) is 0.329. The third-order valence-electron chi connectivity index (χ3n) is 0.360. The van der Waals surface area contributed by atoms with E-state index >= 15 is 0 Å². The van der Waals surface area contributed by atoms with Crippen LogP contribution in [0.3, 0.4) is 0 Å². The van der Waals surface area contributed by atoms with E-state index in [2.05, 4.69) is 4.74 Å². The maximum atomic E-state index is 9.69. The summed E-state index contributed by atoms with van der Waals surface area (Å²) in [5.74, 6) is -2.80. The fourth-order valence-corrected chi connectivity index (χ4v) is 0.0873. The highest BCUT2D eigenvalue weighted by atomic mass is 16.5. The molecule has 48 valence electrons. The van der Waals surface area contributed by atoms with Gasteiger partial charge in [-0.15, -0.1) is 0 Å². The van der Waals surface area contributed by atoms with Crippen molar-refractivity contribution in [3.05, 3.63) is 0 Å². The lowest BCUT2D eigenvalue weighted by molar-refractivity contribution is -0.161. The van der Waals surface area contributed by atoms with Crippen molar-refractivity contribution in [2.24, 2.45) is 0 Å². The Morgan fingerprint density at radius 3 is 1.88 bits per heavy atom. The molecule has 0 aromatic carbocycles. The van der Waals surface area contributed by atoms with Crippen LogP contribution in [-0.2, 0) is 14.3 Å². The second-order valence-electron chi connectivity index (χ2n) is 0.797. The van der Waals surface area contributed by atoms with E-state index in [9.17, 15) is 9.59 Å².